The van der Waals surface area contributed by atoms with Crippen molar-refractivity contribution in [1.82, 2.24) is 10.6 Å². The first-order valence-corrected chi connectivity index (χ1v) is 6.41. The van der Waals surface area contributed by atoms with Gasteiger partial charge in [-0.3, -0.25) is 4.99 Å². The fourth-order valence-electron chi connectivity index (χ4n) is 1.04. The van der Waals surface area contributed by atoms with E-state index in [1.807, 2.05) is 11.8 Å². The van der Waals surface area contributed by atoms with Crippen molar-refractivity contribution in [1.29, 1.82) is 0 Å². The normalized spacial score (nSPS) is 14.9. The maximum absolute atomic E-state index is 5.05. The molecule has 2 atom stereocenters. The first-order chi connectivity index (χ1) is 7.13. The maximum atomic E-state index is 5.05. The molecule has 98 valence electrons. The largest absolute Gasteiger partial charge is 0.383 e. The van der Waals surface area contributed by atoms with Crippen LogP contribution in [0.2, 0.25) is 0 Å². The number of aliphatic imine (C=N–C) groups is 1. The van der Waals surface area contributed by atoms with Gasteiger partial charge in [0.15, 0.2) is 5.96 Å². The van der Waals surface area contributed by atoms with E-state index >= 15 is 0 Å². The van der Waals surface area contributed by atoms with Crippen LogP contribution in [-0.4, -0.2) is 50.8 Å². The Bertz CT molecular complexity index is 193. The fourth-order valence-corrected chi connectivity index (χ4v) is 1.29. The molecule has 0 aromatic heterocycles. The lowest BCUT2D eigenvalue weighted by Gasteiger charge is -2.18. The zero-order valence-electron chi connectivity index (χ0n) is 10.7. The number of hydrogen-bond acceptors (Lipinski definition) is 3. The molecule has 0 aliphatic carbocycles. The predicted molar refractivity (Wildman–Crippen MR) is 84.2 cm³/mol. The molecule has 0 aromatic carbocycles. The first kappa shape index (κ1) is 18.7. The van der Waals surface area contributed by atoms with E-state index in [0.717, 1.165) is 12.5 Å². The highest BCUT2D eigenvalue weighted by atomic mass is 127. The molecule has 0 saturated carbocycles. The highest BCUT2D eigenvalue weighted by Crippen LogP contribution is 2.02. The summed E-state index contributed by atoms with van der Waals surface area (Å²) in [6.07, 6.45) is 2.11. The van der Waals surface area contributed by atoms with Crippen LogP contribution in [0.25, 0.3) is 0 Å². The first-order valence-electron chi connectivity index (χ1n) is 5.13. The second-order valence-corrected chi connectivity index (χ2v) is 4.78. The lowest BCUT2D eigenvalue weighted by atomic mass is 10.4. The van der Waals surface area contributed by atoms with Crippen molar-refractivity contribution < 1.29 is 4.74 Å². The van der Waals surface area contributed by atoms with Crippen molar-refractivity contribution in [2.45, 2.75) is 25.1 Å². The van der Waals surface area contributed by atoms with Crippen LogP contribution in [0.5, 0.6) is 0 Å². The summed E-state index contributed by atoms with van der Waals surface area (Å²) in [6, 6.07) is 0.269. The number of methoxy groups -OCH3 is 1. The molecular weight excluding hydrogens is 337 g/mol. The van der Waals surface area contributed by atoms with E-state index in [1.165, 1.54) is 0 Å². The summed E-state index contributed by atoms with van der Waals surface area (Å²) in [5, 5.41) is 7.11. The Labute approximate surface area is 120 Å². The second kappa shape index (κ2) is 11.8. The number of nitrogens with zero attached hydrogens (tertiary/aromatic N) is 1. The van der Waals surface area contributed by atoms with Crippen molar-refractivity contribution in [3.63, 3.8) is 0 Å². The van der Waals surface area contributed by atoms with E-state index in [-0.39, 0.29) is 30.0 Å². The van der Waals surface area contributed by atoms with Gasteiger partial charge in [-0.1, -0.05) is 6.92 Å². The summed E-state index contributed by atoms with van der Waals surface area (Å²) < 4.78 is 5.05. The summed E-state index contributed by atoms with van der Waals surface area (Å²) in [6.45, 7) is 5.84. The van der Waals surface area contributed by atoms with Gasteiger partial charge in [0.1, 0.15) is 0 Å². The third-order valence-corrected chi connectivity index (χ3v) is 2.95. The standard InChI is InChI=1S/C10H23N3OS.HI/c1-8(7-14-4)13-10(11-3)12-6-9(2)15-5;/h8-9H,6-7H2,1-5H3,(H2,11,12,13);1H. The monoisotopic (exact) mass is 361 g/mol. The summed E-state index contributed by atoms with van der Waals surface area (Å²) >= 11 is 1.84. The van der Waals surface area contributed by atoms with E-state index < -0.39 is 0 Å². The summed E-state index contributed by atoms with van der Waals surface area (Å²) in [7, 11) is 3.47. The van der Waals surface area contributed by atoms with Crippen LogP contribution in [0.3, 0.4) is 0 Å². The molecule has 0 aliphatic rings. The molecule has 2 N–H and O–H groups in total. The minimum absolute atomic E-state index is 0. The van der Waals surface area contributed by atoms with E-state index in [0.29, 0.717) is 11.9 Å². The fraction of sp³-hybridized carbons (Fsp3) is 0.900. The number of nitrogens with one attached hydrogen (secondary N) is 2. The molecule has 0 heterocycles. The molecule has 0 spiro atoms. The van der Waals surface area contributed by atoms with Gasteiger partial charge in [-0.05, 0) is 13.2 Å². The second-order valence-electron chi connectivity index (χ2n) is 3.50. The highest BCUT2D eigenvalue weighted by Gasteiger charge is 2.05. The summed E-state index contributed by atoms with van der Waals surface area (Å²) in [4.78, 5) is 4.15. The third kappa shape index (κ3) is 9.53. The Kier molecular flexibility index (Phi) is 13.8. The van der Waals surface area contributed by atoms with Gasteiger partial charge < -0.3 is 15.4 Å². The van der Waals surface area contributed by atoms with Crippen molar-refractivity contribution in [2.75, 3.05) is 33.6 Å². The molecule has 6 heteroatoms. The summed E-state index contributed by atoms with van der Waals surface area (Å²) in [5.41, 5.74) is 0. The maximum Gasteiger partial charge on any atom is 0.191 e. The molecule has 0 aromatic rings. The Hall–Kier alpha value is 0.310. The van der Waals surface area contributed by atoms with Gasteiger partial charge in [-0.15, -0.1) is 24.0 Å². The average Bonchev–Trinajstić information content (AvgIpc) is 2.23. The van der Waals surface area contributed by atoms with Crippen LogP contribution < -0.4 is 10.6 Å². The minimum Gasteiger partial charge on any atom is -0.383 e. The zero-order valence-corrected chi connectivity index (χ0v) is 13.9. The van der Waals surface area contributed by atoms with Crippen molar-refractivity contribution in [3.8, 4) is 0 Å². The van der Waals surface area contributed by atoms with E-state index in [2.05, 4.69) is 35.7 Å². The molecule has 0 saturated heterocycles. The van der Waals surface area contributed by atoms with Gasteiger partial charge in [-0.25, -0.2) is 0 Å². The number of rotatable bonds is 6. The lowest BCUT2D eigenvalue weighted by Crippen LogP contribution is -2.45. The number of guanidine groups is 1. The molecule has 16 heavy (non-hydrogen) atoms. The van der Waals surface area contributed by atoms with Crippen LogP contribution in [0.1, 0.15) is 13.8 Å². The zero-order chi connectivity index (χ0) is 11.7. The number of ether oxygens (including phenoxy) is 1. The summed E-state index contributed by atoms with van der Waals surface area (Å²) in [5.74, 6) is 0.834. The molecule has 0 rings (SSSR count). The molecular formula is C10H24IN3OS. The van der Waals surface area contributed by atoms with E-state index in [1.54, 1.807) is 14.2 Å². The van der Waals surface area contributed by atoms with Crippen molar-refractivity contribution >= 4 is 41.7 Å². The Morgan fingerprint density at radius 2 is 2.06 bits per heavy atom. The topological polar surface area (TPSA) is 45.7 Å². The number of hydrogen-bond donors (Lipinski definition) is 2. The minimum atomic E-state index is 0. The van der Waals surface area contributed by atoms with Crippen molar-refractivity contribution in [3.05, 3.63) is 0 Å². The van der Waals surface area contributed by atoms with Gasteiger partial charge in [-0.2, -0.15) is 11.8 Å². The van der Waals surface area contributed by atoms with Gasteiger partial charge in [0.05, 0.1) is 6.61 Å². The number of thioether (sulfide) groups is 1. The van der Waals surface area contributed by atoms with Gasteiger partial charge in [0, 0.05) is 32.0 Å². The molecule has 4 nitrogen and oxygen atoms in total. The smallest absolute Gasteiger partial charge is 0.191 e. The highest BCUT2D eigenvalue weighted by molar-refractivity contribution is 14.0. The van der Waals surface area contributed by atoms with E-state index in [9.17, 15) is 0 Å². The Morgan fingerprint density at radius 3 is 2.50 bits per heavy atom. The number of halogens is 1. The molecule has 0 bridgehead atoms. The molecule has 0 aliphatic heterocycles. The molecule has 0 radical (unpaired) electrons. The third-order valence-electron chi connectivity index (χ3n) is 1.98. The van der Waals surface area contributed by atoms with Gasteiger partial charge in [0.2, 0.25) is 0 Å². The quantitative estimate of drug-likeness (QED) is 0.428. The SMILES string of the molecule is CN=C(NCC(C)SC)NC(C)COC.I. The van der Waals surface area contributed by atoms with Crippen LogP contribution >= 0.6 is 35.7 Å². The van der Waals surface area contributed by atoms with Gasteiger partial charge in [0.25, 0.3) is 0 Å². The van der Waals surface area contributed by atoms with Crippen molar-refractivity contribution in [2.24, 2.45) is 4.99 Å². The Morgan fingerprint density at radius 1 is 1.44 bits per heavy atom. The molecule has 0 amide bonds. The van der Waals surface area contributed by atoms with Crippen LogP contribution in [0, 0.1) is 0 Å². The Balaban J connectivity index is 0. The van der Waals surface area contributed by atoms with Crippen LogP contribution in [0.4, 0.5) is 0 Å². The molecule has 2 unspecified atom stereocenters. The predicted octanol–water partition coefficient (Wildman–Crippen LogP) is 1.56. The average molecular weight is 361 g/mol. The van der Waals surface area contributed by atoms with Crippen LogP contribution in [-0.2, 0) is 4.74 Å². The lowest BCUT2D eigenvalue weighted by molar-refractivity contribution is 0.179. The van der Waals surface area contributed by atoms with E-state index in [4.69, 9.17) is 4.74 Å². The molecule has 0 fully saturated rings. The van der Waals surface area contributed by atoms with Gasteiger partial charge >= 0.3 is 0 Å². The van der Waals surface area contributed by atoms with Crippen LogP contribution in [0.15, 0.2) is 4.99 Å².